The van der Waals surface area contributed by atoms with Gasteiger partial charge in [-0.25, -0.2) is 7.91 Å². The van der Waals surface area contributed by atoms with E-state index in [-0.39, 0.29) is 17.9 Å². The van der Waals surface area contributed by atoms with Crippen LogP contribution in [-0.2, 0) is 19.1 Å². The Morgan fingerprint density at radius 2 is 1.84 bits per heavy atom. The number of hydrogen-bond donors (Lipinski definition) is 2. The Morgan fingerprint density at radius 3 is 2.56 bits per heavy atom. The molecular weight excluding hydrogens is 659 g/mol. The first-order chi connectivity index (χ1) is 20.3. The van der Waals surface area contributed by atoms with Gasteiger partial charge in [0.25, 0.3) is 0 Å². The Bertz CT molecular complexity index is 1510. The second-order valence-electron chi connectivity index (χ2n) is 12.8. The van der Waals surface area contributed by atoms with Crippen LogP contribution in [0, 0.1) is 0 Å². The maximum absolute atomic E-state index is 14.1. The summed E-state index contributed by atoms with van der Waals surface area (Å²) in [4.78, 5) is 55.4. The summed E-state index contributed by atoms with van der Waals surface area (Å²) in [5, 5.41) is 8.24. The Kier molecular flexibility index (Phi) is 8.61. The Balaban J connectivity index is 1.32. The number of piperidine rings is 2. The van der Waals surface area contributed by atoms with Gasteiger partial charge in [0.15, 0.2) is 0 Å². The van der Waals surface area contributed by atoms with Crippen molar-refractivity contribution in [2.24, 2.45) is 0 Å². The summed E-state index contributed by atoms with van der Waals surface area (Å²) in [7, 11) is 0. The van der Waals surface area contributed by atoms with Crippen LogP contribution in [0.4, 0.5) is 4.79 Å². The summed E-state index contributed by atoms with van der Waals surface area (Å²) < 4.78 is 6.58. The van der Waals surface area contributed by atoms with Crippen molar-refractivity contribution in [3.05, 3.63) is 71.8 Å². The van der Waals surface area contributed by atoms with Gasteiger partial charge in [-0.15, -0.1) is 0 Å². The number of amides is 4. The van der Waals surface area contributed by atoms with Crippen molar-refractivity contribution in [3.63, 3.8) is 0 Å². The second kappa shape index (κ2) is 11.9. The van der Waals surface area contributed by atoms with Crippen LogP contribution in [-0.4, -0.2) is 61.1 Å². The number of carbonyl (C=O) groups is 4. The fourth-order valence-corrected chi connectivity index (χ4v) is 6.61. The highest BCUT2D eigenvalue weighted by Crippen LogP contribution is 2.45. The van der Waals surface area contributed by atoms with Gasteiger partial charge in [0.2, 0.25) is 17.7 Å². The van der Waals surface area contributed by atoms with Gasteiger partial charge in [-0.2, -0.15) is 0 Å². The zero-order valence-electron chi connectivity index (χ0n) is 25.2. The highest BCUT2D eigenvalue weighted by molar-refractivity contribution is 14.1. The first-order valence-corrected chi connectivity index (χ1v) is 15.7. The molecule has 10 heteroatoms. The van der Waals surface area contributed by atoms with E-state index >= 15 is 0 Å². The number of fused-ring (bicyclic) bond motifs is 2. The van der Waals surface area contributed by atoms with Crippen LogP contribution in [0.25, 0.3) is 10.8 Å². The van der Waals surface area contributed by atoms with E-state index in [4.69, 9.17) is 4.74 Å². The standard InChI is InChI=1S/C33H39IN4O5/c1-20(24-13-12-23-10-6-7-11-25(23)18-24)35-29(40)27-17-22-9-8-15-33(19-22)16-14-26(30(41)37(27)33)36-28(39)21(2)38(34)31(42)43-32(3,4)5/h6-13,15,18,20-21,26-27H,14,16-17,19H2,1-5H3,(H,35,40)(H,36,39)/t20-,21+,26+,27+,33?/m1/s1. The Morgan fingerprint density at radius 1 is 1.12 bits per heavy atom. The molecule has 2 bridgehead atoms. The largest absolute Gasteiger partial charge is 0.443 e. The van der Waals surface area contributed by atoms with Crippen molar-refractivity contribution in [3.8, 4) is 0 Å². The quantitative estimate of drug-likeness (QED) is 0.306. The van der Waals surface area contributed by atoms with Gasteiger partial charge in [0, 0.05) is 0 Å². The zero-order valence-corrected chi connectivity index (χ0v) is 27.4. The molecule has 2 aliphatic heterocycles. The molecule has 2 N–H and O–H groups in total. The number of allylic oxidation sites excluding steroid dienone is 2. The summed E-state index contributed by atoms with van der Waals surface area (Å²) in [5.41, 5.74) is 0.806. The van der Waals surface area contributed by atoms with E-state index in [1.54, 1.807) is 55.5 Å². The van der Waals surface area contributed by atoms with E-state index in [2.05, 4.69) is 22.8 Å². The van der Waals surface area contributed by atoms with Crippen molar-refractivity contribution in [2.45, 2.75) is 95.6 Å². The van der Waals surface area contributed by atoms with E-state index in [0.29, 0.717) is 25.7 Å². The topological polar surface area (TPSA) is 108 Å². The number of carbonyl (C=O) groups excluding carboxylic acids is 4. The molecule has 2 saturated heterocycles. The van der Waals surface area contributed by atoms with Crippen molar-refractivity contribution < 1.29 is 23.9 Å². The van der Waals surface area contributed by atoms with Crippen LogP contribution in [0.15, 0.2) is 66.3 Å². The van der Waals surface area contributed by atoms with Crippen molar-refractivity contribution in [2.75, 3.05) is 0 Å². The minimum Gasteiger partial charge on any atom is -0.443 e. The normalized spacial score (nSPS) is 24.4. The number of halogens is 1. The lowest BCUT2D eigenvalue weighted by Crippen LogP contribution is -2.69. The number of benzene rings is 2. The fourth-order valence-electron chi connectivity index (χ4n) is 6.25. The fraction of sp³-hybridized carbons (Fsp3) is 0.455. The first-order valence-electron chi connectivity index (χ1n) is 14.8. The molecule has 2 heterocycles. The van der Waals surface area contributed by atoms with E-state index in [1.807, 2.05) is 55.5 Å². The summed E-state index contributed by atoms with van der Waals surface area (Å²) in [6, 6.07) is 11.6. The minimum atomic E-state index is -0.869. The Labute approximate surface area is 266 Å². The monoisotopic (exact) mass is 698 g/mol. The summed E-state index contributed by atoms with van der Waals surface area (Å²) >= 11 is 1.76. The van der Waals surface area contributed by atoms with Gasteiger partial charge in [0.1, 0.15) is 23.7 Å². The third-order valence-corrected chi connectivity index (χ3v) is 9.69. The number of hydrogen-bond acceptors (Lipinski definition) is 5. The highest BCUT2D eigenvalue weighted by Gasteiger charge is 2.54. The highest BCUT2D eigenvalue weighted by atomic mass is 127. The second-order valence-corrected chi connectivity index (χ2v) is 13.8. The van der Waals surface area contributed by atoms with Crippen molar-refractivity contribution in [1.82, 2.24) is 18.6 Å². The van der Waals surface area contributed by atoms with Gasteiger partial charge in [-0.05, 0) is 82.7 Å². The molecule has 0 radical (unpaired) electrons. The van der Waals surface area contributed by atoms with Crippen molar-refractivity contribution >= 4 is 57.5 Å². The molecule has 1 unspecified atom stereocenters. The van der Waals surface area contributed by atoms with E-state index < -0.39 is 41.3 Å². The molecular formula is C33H39IN4O5. The van der Waals surface area contributed by atoms with Crippen LogP contribution in [0.3, 0.4) is 0 Å². The van der Waals surface area contributed by atoms with Gasteiger partial charge in [-0.3, -0.25) is 14.4 Å². The maximum atomic E-state index is 14.1. The molecule has 1 spiro atoms. The van der Waals surface area contributed by atoms with Crippen LogP contribution in [0.5, 0.6) is 0 Å². The van der Waals surface area contributed by atoms with Gasteiger partial charge >= 0.3 is 6.09 Å². The summed E-state index contributed by atoms with van der Waals surface area (Å²) in [6.45, 7) is 8.80. The third kappa shape index (κ3) is 6.44. The van der Waals surface area contributed by atoms with E-state index in [1.165, 1.54) is 3.11 Å². The molecule has 2 aromatic rings. The number of nitrogens with zero attached hydrogens (tertiary/aromatic N) is 2. The first kappa shape index (κ1) is 31.0. The molecule has 0 aromatic heterocycles. The summed E-state index contributed by atoms with van der Waals surface area (Å²) in [6.07, 6.45) is 7.56. The van der Waals surface area contributed by atoms with Gasteiger partial charge in [-0.1, -0.05) is 60.2 Å². The van der Waals surface area contributed by atoms with Crippen LogP contribution < -0.4 is 10.6 Å². The van der Waals surface area contributed by atoms with Crippen LogP contribution >= 0.6 is 22.9 Å². The molecule has 2 fully saturated rings. The third-order valence-electron chi connectivity index (χ3n) is 8.46. The molecule has 5 rings (SSSR count). The summed E-state index contributed by atoms with van der Waals surface area (Å²) in [5.74, 6) is -0.964. The van der Waals surface area contributed by atoms with Gasteiger partial charge in [0.05, 0.1) is 34.4 Å². The predicted octanol–water partition coefficient (Wildman–Crippen LogP) is 5.50. The smallest absolute Gasteiger partial charge is 0.419 e. The predicted molar refractivity (Wildman–Crippen MR) is 173 cm³/mol. The molecule has 4 amide bonds. The Hall–Kier alpha value is -3.41. The lowest BCUT2D eigenvalue weighted by atomic mass is 9.71. The maximum Gasteiger partial charge on any atom is 0.419 e. The van der Waals surface area contributed by atoms with E-state index in [9.17, 15) is 19.2 Å². The molecule has 1 aliphatic carbocycles. The molecule has 0 saturated carbocycles. The van der Waals surface area contributed by atoms with Crippen LogP contribution in [0.2, 0.25) is 0 Å². The average Bonchev–Trinajstić information content (AvgIpc) is 2.96. The average molecular weight is 699 g/mol. The van der Waals surface area contributed by atoms with Crippen molar-refractivity contribution in [1.29, 1.82) is 0 Å². The lowest BCUT2D eigenvalue weighted by molar-refractivity contribution is -0.155. The van der Waals surface area contributed by atoms with E-state index in [0.717, 1.165) is 21.9 Å². The molecule has 9 nitrogen and oxygen atoms in total. The molecule has 228 valence electrons. The minimum absolute atomic E-state index is 0.219. The molecule has 43 heavy (non-hydrogen) atoms. The van der Waals surface area contributed by atoms with Crippen LogP contribution in [0.1, 0.15) is 71.9 Å². The molecule has 5 atom stereocenters. The number of ether oxygens (including phenoxy) is 1. The zero-order chi connectivity index (χ0) is 31.1. The SMILES string of the molecule is C[C@@H](NC(=O)[C@@H]1CC2=CC=CC3(CC[C@H](NC(=O)[C@H](C)N(I)C(=O)OC(C)(C)C)C(=O)N13)C2)c1ccc2ccccc2c1. The molecule has 2 aromatic carbocycles. The number of nitrogens with one attached hydrogen (secondary N) is 2. The van der Waals surface area contributed by atoms with Gasteiger partial charge < -0.3 is 20.3 Å². The number of rotatable bonds is 6. The molecule has 3 aliphatic rings. The lowest BCUT2D eigenvalue weighted by Gasteiger charge is -2.55.